The first-order chi connectivity index (χ1) is 15.9. The smallest absolute Gasteiger partial charge is 0.330 e. The maximum Gasteiger partial charge on any atom is 0.330 e. The molecule has 1 fully saturated rings. The number of ether oxygens (including phenoxy) is 5. The van der Waals surface area contributed by atoms with Crippen LogP contribution in [0, 0.1) is 5.92 Å². The quantitative estimate of drug-likeness (QED) is 0.340. The number of hydrogen-bond acceptors (Lipinski definition) is 8. The number of esters is 2. The lowest BCUT2D eigenvalue weighted by molar-refractivity contribution is -0.139. The van der Waals surface area contributed by atoms with Crippen molar-refractivity contribution in [1.29, 1.82) is 0 Å². The number of anilines is 1. The van der Waals surface area contributed by atoms with Crippen LogP contribution in [-0.4, -0.2) is 52.8 Å². The Kier molecular flexibility index (Phi) is 7.55. The fourth-order valence-electron chi connectivity index (χ4n) is 3.40. The summed E-state index contributed by atoms with van der Waals surface area (Å²) >= 11 is 0. The van der Waals surface area contributed by atoms with Gasteiger partial charge in [-0.25, -0.2) is 4.79 Å². The number of nitrogens with zero attached hydrogens (tertiary/aromatic N) is 1. The highest BCUT2D eigenvalue weighted by Crippen LogP contribution is 2.37. The van der Waals surface area contributed by atoms with Crippen LogP contribution >= 0.6 is 0 Å². The van der Waals surface area contributed by atoms with Crippen LogP contribution in [-0.2, 0) is 19.1 Å². The van der Waals surface area contributed by atoms with Gasteiger partial charge in [-0.3, -0.25) is 9.59 Å². The van der Waals surface area contributed by atoms with Crippen molar-refractivity contribution in [3.8, 4) is 23.0 Å². The predicted octanol–water partition coefficient (Wildman–Crippen LogP) is 2.86. The summed E-state index contributed by atoms with van der Waals surface area (Å²) in [6.45, 7) is 0.142. The molecule has 0 saturated carbocycles. The highest BCUT2D eigenvalue weighted by atomic mass is 16.6. The van der Waals surface area contributed by atoms with Crippen LogP contribution in [0.5, 0.6) is 23.0 Å². The van der Waals surface area contributed by atoms with Crippen molar-refractivity contribution in [2.24, 2.45) is 5.92 Å². The molecule has 1 heterocycles. The van der Waals surface area contributed by atoms with Gasteiger partial charge >= 0.3 is 11.9 Å². The first-order valence-corrected chi connectivity index (χ1v) is 10.1. The minimum atomic E-state index is -0.669. The van der Waals surface area contributed by atoms with E-state index in [-0.39, 0.29) is 24.6 Å². The Balaban J connectivity index is 1.75. The number of methoxy groups -OCH3 is 4. The zero-order valence-corrected chi connectivity index (χ0v) is 18.8. The Bertz CT molecular complexity index is 1080. The maximum absolute atomic E-state index is 12.8. The van der Waals surface area contributed by atoms with Gasteiger partial charge in [-0.15, -0.1) is 0 Å². The number of benzene rings is 2. The van der Waals surface area contributed by atoms with Gasteiger partial charge in [-0.05, 0) is 35.9 Å². The number of carbonyl (C=O) groups excluding carboxylic acids is 3. The summed E-state index contributed by atoms with van der Waals surface area (Å²) in [5.74, 6) is -0.355. The van der Waals surface area contributed by atoms with Crippen molar-refractivity contribution in [2.45, 2.75) is 6.42 Å². The van der Waals surface area contributed by atoms with E-state index in [1.165, 1.54) is 39.4 Å². The summed E-state index contributed by atoms with van der Waals surface area (Å²) < 4.78 is 26.0. The molecule has 0 bridgehead atoms. The molecule has 3 rings (SSSR count). The minimum absolute atomic E-state index is 0.00145. The van der Waals surface area contributed by atoms with Crippen molar-refractivity contribution in [3.05, 3.63) is 48.0 Å². The van der Waals surface area contributed by atoms with Gasteiger partial charge in [0.15, 0.2) is 11.5 Å². The van der Waals surface area contributed by atoms with Gasteiger partial charge < -0.3 is 28.6 Å². The maximum atomic E-state index is 12.8. The van der Waals surface area contributed by atoms with E-state index in [1.807, 2.05) is 0 Å². The Hall–Kier alpha value is -4.01. The molecule has 1 amide bonds. The van der Waals surface area contributed by atoms with Crippen LogP contribution in [0.2, 0.25) is 0 Å². The van der Waals surface area contributed by atoms with Crippen molar-refractivity contribution in [2.75, 3.05) is 39.9 Å². The van der Waals surface area contributed by atoms with Crippen LogP contribution in [0.3, 0.4) is 0 Å². The van der Waals surface area contributed by atoms with Crippen molar-refractivity contribution in [3.63, 3.8) is 0 Å². The van der Waals surface area contributed by atoms with Crippen LogP contribution in [0.25, 0.3) is 6.08 Å². The van der Waals surface area contributed by atoms with Crippen LogP contribution in [0.4, 0.5) is 5.69 Å². The third-order valence-electron chi connectivity index (χ3n) is 5.15. The number of carbonyl (C=O) groups is 3. The van der Waals surface area contributed by atoms with Gasteiger partial charge in [0.2, 0.25) is 5.91 Å². The molecule has 0 spiro atoms. The molecule has 33 heavy (non-hydrogen) atoms. The molecule has 0 aromatic heterocycles. The highest BCUT2D eigenvalue weighted by molar-refractivity contribution is 6.01. The van der Waals surface area contributed by atoms with Crippen molar-refractivity contribution < 1.29 is 38.1 Å². The zero-order chi connectivity index (χ0) is 24.0. The van der Waals surface area contributed by atoms with Gasteiger partial charge in [0.25, 0.3) is 0 Å². The molecule has 2 aromatic rings. The third kappa shape index (κ3) is 5.43. The van der Waals surface area contributed by atoms with E-state index in [1.54, 1.807) is 42.5 Å². The van der Waals surface area contributed by atoms with E-state index in [0.717, 1.165) is 0 Å². The Morgan fingerprint density at radius 1 is 0.939 bits per heavy atom. The van der Waals surface area contributed by atoms with E-state index in [4.69, 9.17) is 18.9 Å². The molecule has 0 radical (unpaired) electrons. The molecule has 1 aliphatic rings. The van der Waals surface area contributed by atoms with Gasteiger partial charge in [-0.1, -0.05) is 6.07 Å². The Morgan fingerprint density at radius 3 is 2.33 bits per heavy atom. The largest absolute Gasteiger partial charge is 0.497 e. The molecular formula is C24H25NO8. The summed E-state index contributed by atoms with van der Waals surface area (Å²) in [5.41, 5.74) is 1.18. The standard InChI is InChI=1S/C24H25NO8/c1-29-17-7-9-19(30-2)18(13-17)25-14-16(12-22(25)26)24(28)33-20-8-5-15(11-21(20)31-3)6-10-23(27)32-4/h5-11,13,16H,12,14H2,1-4H3/b10-6+. The molecule has 9 heteroatoms. The third-order valence-corrected chi connectivity index (χ3v) is 5.15. The fraction of sp³-hybridized carbons (Fsp3) is 0.292. The van der Waals surface area contributed by atoms with Crippen LogP contribution in [0.1, 0.15) is 12.0 Å². The lowest BCUT2D eigenvalue weighted by Gasteiger charge is -2.20. The number of amides is 1. The molecule has 1 unspecified atom stereocenters. The van der Waals surface area contributed by atoms with E-state index in [0.29, 0.717) is 28.5 Å². The van der Waals surface area contributed by atoms with E-state index >= 15 is 0 Å². The zero-order valence-electron chi connectivity index (χ0n) is 18.8. The fourth-order valence-corrected chi connectivity index (χ4v) is 3.40. The molecule has 1 aliphatic heterocycles. The van der Waals surface area contributed by atoms with Gasteiger partial charge in [0, 0.05) is 25.1 Å². The molecule has 1 saturated heterocycles. The summed E-state index contributed by atoms with van der Waals surface area (Å²) in [4.78, 5) is 38.3. The van der Waals surface area contributed by atoms with Gasteiger partial charge in [0.05, 0.1) is 40.0 Å². The van der Waals surface area contributed by atoms with Crippen LogP contribution in [0.15, 0.2) is 42.5 Å². The second kappa shape index (κ2) is 10.5. The van der Waals surface area contributed by atoms with E-state index in [2.05, 4.69) is 4.74 Å². The molecule has 1 atom stereocenters. The number of rotatable bonds is 8. The topological polar surface area (TPSA) is 101 Å². The first kappa shape index (κ1) is 23.6. The summed E-state index contributed by atoms with van der Waals surface area (Å²) in [5, 5.41) is 0. The van der Waals surface area contributed by atoms with Gasteiger partial charge in [-0.2, -0.15) is 0 Å². The Morgan fingerprint density at radius 2 is 1.67 bits per heavy atom. The lowest BCUT2D eigenvalue weighted by atomic mass is 10.1. The van der Waals surface area contributed by atoms with E-state index < -0.39 is 17.9 Å². The van der Waals surface area contributed by atoms with E-state index in [9.17, 15) is 14.4 Å². The molecule has 2 aromatic carbocycles. The summed E-state index contributed by atoms with van der Waals surface area (Å²) in [7, 11) is 5.76. The minimum Gasteiger partial charge on any atom is -0.497 e. The van der Waals surface area contributed by atoms with Crippen molar-refractivity contribution >= 4 is 29.6 Å². The van der Waals surface area contributed by atoms with Crippen molar-refractivity contribution in [1.82, 2.24) is 0 Å². The first-order valence-electron chi connectivity index (χ1n) is 10.1. The summed E-state index contributed by atoms with van der Waals surface area (Å²) in [6, 6.07) is 9.97. The second-order valence-corrected chi connectivity index (χ2v) is 7.13. The number of hydrogen-bond donors (Lipinski definition) is 0. The average molecular weight is 455 g/mol. The molecule has 0 aliphatic carbocycles. The van der Waals surface area contributed by atoms with Gasteiger partial charge in [0.1, 0.15) is 11.5 Å². The lowest BCUT2D eigenvalue weighted by Crippen LogP contribution is -2.27. The summed E-state index contributed by atoms with van der Waals surface area (Å²) in [6.07, 6.45) is 2.82. The predicted molar refractivity (Wildman–Crippen MR) is 120 cm³/mol. The average Bonchev–Trinajstić information content (AvgIpc) is 3.24. The molecule has 0 N–H and O–H groups in total. The SMILES string of the molecule is COC(=O)/C=C/c1ccc(OC(=O)C2CC(=O)N(c3cc(OC)ccc3OC)C2)c(OC)c1. The molecular weight excluding hydrogens is 430 g/mol. The highest BCUT2D eigenvalue weighted by Gasteiger charge is 2.38. The second-order valence-electron chi connectivity index (χ2n) is 7.13. The molecule has 174 valence electrons. The van der Waals surface area contributed by atoms with Crippen LogP contribution < -0.4 is 23.8 Å². The normalized spacial score (nSPS) is 15.5. The monoisotopic (exact) mass is 455 g/mol. The molecule has 9 nitrogen and oxygen atoms in total. The Labute approximate surface area is 191 Å².